The summed E-state index contributed by atoms with van der Waals surface area (Å²) in [6.45, 7) is 1.37. The van der Waals surface area contributed by atoms with Crippen molar-refractivity contribution in [1.29, 1.82) is 0 Å². The smallest absolute Gasteiger partial charge is 0.318 e. The van der Waals surface area contributed by atoms with Gasteiger partial charge in [-0.05, 0) is 50.2 Å². The second-order valence-electron chi connectivity index (χ2n) is 8.06. The number of carbonyl (C=O) groups is 1. The van der Waals surface area contributed by atoms with Crippen molar-refractivity contribution in [2.24, 2.45) is 0 Å². The van der Waals surface area contributed by atoms with Crippen molar-refractivity contribution in [3.8, 4) is 5.75 Å². The topological polar surface area (TPSA) is 44.8 Å². The minimum absolute atomic E-state index is 0.00926. The van der Waals surface area contributed by atoms with Gasteiger partial charge in [0.25, 0.3) is 0 Å². The molecule has 1 saturated carbocycles. The van der Waals surface area contributed by atoms with Crippen molar-refractivity contribution in [2.45, 2.75) is 30.5 Å². The summed E-state index contributed by atoms with van der Waals surface area (Å²) in [5, 5.41) is 3.27. The quantitative estimate of drug-likeness (QED) is 0.885. The van der Waals surface area contributed by atoms with Crippen LogP contribution in [-0.2, 0) is 12.1 Å². The van der Waals surface area contributed by atoms with Crippen molar-refractivity contribution in [3.05, 3.63) is 65.7 Å². The highest BCUT2D eigenvalue weighted by Crippen LogP contribution is 2.53. The van der Waals surface area contributed by atoms with Gasteiger partial charge in [0.15, 0.2) is 0 Å². The highest BCUT2D eigenvalue weighted by atomic mass is 16.5. The van der Waals surface area contributed by atoms with E-state index >= 15 is 0 Å². The number of carbonyl (C=O) groups excluding carboxylic acids is 1. The van der Waals surface area contributed by atoms with Crippen molar-refractivity contribution in [1.82, 2.24) is 15.1 Å². The molecule has 2 aromatic carbocycles. The lowest BCUT2D eigenvalue weighted by Crippen LogP contribution is -2.66. The van der Waals surface area contributed by atoms with Gasteiger partial charge in [0, 0.05) is 13.1 Å². The number of amides is 2. The number of ether oxygens (including phenoxy) is 1. The van der Waals surface area contributed by atoms with Gasteiger partial charge >= 0.3 is 6.03 Å². The zero-order chi connectivity index (χ0) is 19.1. The van der Waals surface area contributed by atoms with Crippen LogP contribution in [0.1, 0.15) is 24.0 Å². The summed E-state index contributed by atoms with van der Waals surface area (Å²) >= 11 is 0. The molecule has 0 aromatic heterocycles. The first-order valence-electron chi connectivity index (χ1n) is 9.39. The predicted octanol–water partition coefficient (Wildman–Crippen LogP) is 3.21. The van der Waals surface area contributed by atoms with Gasteiger partial charge in [-0.2, -0.15) is 0 Å². The number of hydrogen-bond donors (Lipinski definition) is 1. The van der Waals surface area contributed by atoms with Crippen LogP contribution >= 0.6 is 0 Å². The molecule has 1 saturated heterocycles. The van der Waals surface area contributed by atoms with Crippen LogP contribution in [-0.4, -0.2) is 49.1 Å². The summed E-state index contributed by atoms with van der Waals surface area (Å²) in [5.74, 6) is 0.832. The number of nitrogens with one attached hydrogen (secondary N) is 1. The molecule has 1 aliphatic carbocycles. The highest BCUT2D eigenvalue weighted by Gasteiger charge is 2.60. The molecule has 2 aromatic rings. The van der Waals surface area contributed by atoms with Gasteiger partial charge in [-0.25, -0.2) is 4.79 Å². The molecule has 142 valence electrons. The number of benzene rings is 2. The number of methoxy groups -OCH3 is 1. The van der Waals surface area contributed by atoms with Gasteiger partial charge in [0.2, 0.25) is 0 Å². The number of urea groups is 1. The molecule has 5 heteroatoms. The number of rotatable bonds is 5. The average molecular weight is 365 g/mol. The van der Waals surface area contributed by atoms with Crippen molar-refractivity contribution >= 4 is 6.03 Å². The van der Waals surface area contributed by atoms with Gasteiger partial charge < -0.3 is 15.0 Å². The summed E-state index contributed by atoms with van der Waals surface area (Å²) in [4.78, 5) is 16.8. The molecule has 1 heterocycles. The average Bonchev–Trinajstić information content (AvgIpc) is 2.97. The summed E-state index contributed by atoms with van der Waals surface area (Å²) in [7, 11) is 5.92. The summed E-state index contributed by atoms with van der Waals surface area (Å²) in [6.07, 6.45) is 1.86. The van der Waals surface area contributed by atoms with E-state index in [4.69, 9.17) is 4.74 Å². The Morgan fingerprint density at radius 3 is 2.33 bits per heavy atom. The Bertz CT molecular complexity index is 811. The second kappa shape index (κ2) is 6.57. The van der Waals surface area contributed by atoms with Crippen molar-refractivity contribution in [3.63, 3.8) is 0 Å². The maximum absolute atomic E-state index is 12.6. The maximum Gasteiger partial charge on any atom is 0.318 e. The van der Waals surface area contributed by atoms with Crippen LogP contribution < -0.4 is 10.1 Å². The normalized spacial score (nSPS) is 27.0. The molecule has 0 radical (unpaired) electrons. The molecule has 4 rings (SSSR count). The summed E-state index contributed by atoms with van der Waals surface area (Å²) in [5.41, 5.74) is 2.29. The van der Waals surface area contributed by atoms with Gasteiger partial charge in [-0.1, -0.05) is 42.5 Å². The van der Waals surface area contributed by atoms with Crippen LogP contribution in [0.5, 0.6) is 5.75 Å². The molecule has 27 heavy (non-hydrogen) atoms. The van der Waals surface area contributed by atoms with Crippen LogP contribution in [0.2, 0.25) is 0 Å². The third-order valence-corrected chi connectivity index (χ3v) is 6.11. The molecule has 2 amide bonds. The van der Waals surface area contributed by atoms with Crippen molar-refractivity contribution in [2.75, 3.05) is 27.7 Å². The minimum atomic E-state index is -0.135. The fourth-order valence-electron chi connectivity index (χ4n) is 4.66. The maximum atomic E-state index is 12.6. The zero-order valence-electron chi connectivity index (χ0n) is 16.2. The molecule has 1 aliphatic heterocycles. The van der Waals surface area contributed by atoms with E-state index in [1.54, 1.807) is 7.11 Å². The predicted molar refractivity (Wildman–Crippen MR) is 106 cm³/mol. The molecule has 5 nitrogen and oxygen atoms in total. The molecule has 2 fully saturated rings. The van der Waals surface area contributed by atoms with Crippen LogP contribution in [0, 0.1) is 0 Å². The van der Waals surface area contributed by atoms with Gasteiger partial charge in [0.05, 0.1) is 18.2 Å². The van der Waals surface area contributed by atoms with Crippen LogP contribution in [0.4, 0.5) is 4.79 Å². The molecule has 1 spiro atoms. The molecule has 0 atom stereocenters. The Kier molecular flexibility index (Phi) is 4.35. The lowest BCUT2D eigenvalue weighted by Gasteiger charge is -2.57. The van der Waals surface area contributed by atoms with E-state index < -0.39 is 0 Å². The molecular formula is C22H27N3O2. The molecule has 1 N–H and O–H groups in total. The van der Waals surface area contributed by atoms with Gasteiger partial charge in [-0.3, -0.25) is 4.90 Å². The largest absolute Gasteiger partial charge is 0.497 e. The number of nitrogens with zero attached hydrogens (tertiary/aromatic N) is 2. The Balaban J connectivity index is 1.48. The van der Waals surface area contributed by atoms with E-state index in [1.165, 1.54) is 5.56 Å². The molecular weight excluding hydrogens is 338 g/mol. The Morgan fingerprint density at radius 2 is 1.74 bits per heavy atom. The van der Waals surface area contributed by atoms with Gasteiger partial charge in [0.1, 0.15) is 5.75 Å². The summed E-state index contributed by atoms with van der Waals surface area (Å²) in [6, 6.07) is 18.6. The van der Waals surface area contributed by atoms with Crippen LogP contribution in [0.15, 0.2) is 54.6 Å². The lowest BCUT2D eigenvalue weighted by atomic mass is 9.59. The monoisotopic (exact) mass is 365 g/mol. The van der Waals surface area contributed by atoms with E-state index in [0.29, 0.717) is 6.54 Å². The second-order valence-corrected chi connectivity index (χ2v) is 8.06. The fraction of sp³-hybridized carbons (Fsp3) is 0.409. The minimum Gasteiger partial charge on any atom is -0.497 e. The lowest BCUT2D eigenvalue weighted by molar-refractivity contribution is -0.0231. The SMILES string of the molecule is COc1ccc(CN2CC3(CC(c4ccccc4)(N(C)C)C3)NC2=O)cc1. The standard InChI is InChI=1S/C22H27N3O2/c1-24(2)22(18-7-5-4-6-8-18)14-21(15-22)16-25(20(26)23-21)13-17-9-11-19(27-3)12-10-17/h4-12H,13-16H2,1-3H3,(H,23,26). The fourth-order valence-corrected chi connectivity index (χ4v) is 4.66. The van der Waals surface area contributed by atoms with E-state index in [1.807, 2.05) is 29.2 Å². The first kappa shape index (κ1) is 17.9. The van der Waals surface area contributed by atoms with Crippen molar-refractivity contribution < 1.29 is 9.53 Å². The Hall–Kier alpha value is -2.53. The van der Waals surface area contributed by atoms with E-state index in [2.05, 4.69) is 54.6 Å². The van der Waals surface area contributed by atoms with Crippen LogP contribution in [0.25, 0.3) is 0 Å². The third kappa shape index (κ3) is 3.06. The molecule has 0 bridgehead atoms. The van der Waals surface area contributed by atoms with Gasteiger partial charge in [-0.15, -0.1) is 0 Å². The first-order chi connectivity index (χ1) is 13.0. The molecule has 0 unspecified atom stereocenters. The van der Waals surface area contributed by atoms with Crippen LogP contribution in [0.3, 0.4) is 0 Å². The highest BCUT2D eigenvalue weighted by molar-refractivity contribution is 5.78. The Morgan fingerprint density at radius 1 is 1.07 bits per heavy atom. The molecule has 2 aliphatic rings. The van der Waals surface area contributed by atoms with E-state index in [-0.39, 0.29) is 17.1 Å². The van der Waals surface area contributed by atoms with E-state index in [9.17, 15) is 4.79 Å². The Labute approximate surface area is 160 Å². The first-order valence-corrected chi connectivity index (χ1v) is 9.39. The zero-order valence-corrected chi connectivity index (χ0v) is 16.2. The number of hydrogen-bond acceptors (Lipinski definition) is 3. The summed E-state index contributed by atoms with van der Waals surface area (Å²) < 4.78 is 5.21. The van der Waals surface area contributed by atoms with E-state index in [0.717, 1.165) is 30.7 Å². The third-order valence-electron chi connectivity index (χ3n) is 6.11.